The second-order valence-corrected chi connectivity index (χ2v) is 5.07. The van der Waals surface area contributed by atoms with Gasteiger partial charge in [0.2, 0.25) is 5.91 Å². The van der Waals surface area contributed by atoms with E-state index in [1.54, 1.807) is 25.3 Å². The van der Waals surface area contributed by atoms with E-state index in [0.717, 1.165) is 5.56 Å². The SMILES string of the molecule is CCOc1ccc(NC(=O)CC(N)c2ccccc2)cc1OC. The van der Waals surface area contributed by atoms with Crippen LogP contribution in [0.3, 0.4) is 0 Å². The molecule has 0 bridgehead atoms. The zero-order valence-corrected chi connectivity index (χ0v) is 13.4. The van der Waals surface area contributed by atoms with E-state index >= 15 is 0 Å². The van der Waals surface area contributed by atoms with Crippen molar-refractivity contribution in [3.05, 3.63) is 54.1 Å². The third kappa shape index (κ3) is 4.72. The summed E-state index contributed by atoms with van der Waals surface area (Å²) in [7, 11) is 1.56. The zero-order chi connectivity index (χ0) is 16.7. The zero-order valence-electron chi connectivity index (χ0n) is 13.4. The number of nitrogens with two attached hydrogens (primary N) is 1. The quantitative estimate of drug-likeness (QED) is 0.823. The summed E-state index contributed by atoms with van der Waals surface area (Å²) in [6, 6.07) is 14.5. The van der Waals surface area contributed by atoms with Gasteiger partial charge in [-0.2, -0.15) is 0 Å². The summed E-state index contributed by atoms with van der Waals surface area (Å²) in [4.78, 5) is 12.1. The first-order chi connectivity index (χ1) is 11.1. The maximum atomic E-state index is 12.1. The predicted molar refractivity (Wildman–Crippen MR) is 90.8 cm³/mol. The second kappa shape index (κ2) is 8.19. The molecule has 2 aromatic carbocycles. The monoisotopic (exact) mass is 314 g/mol. The fourth-order valence-electron chi connectivity index (χ4n) is 2.25. The van der Waals surface area contributed by atoms with Gasteiger partial charge in [-0.1, -0.05) is 30.3 Å². The van der Waals surface area contributed by atoms with Crippen molar-refractivity contribution in [3.63, 3.8) is 0 Å². The number of rotatable bonds is 7. The molecule has 0 fully saturated rings. The van der Waals surface area contributed by atoms with Crippen LogP contribution in [0.5, 0.6) is 11.5 Å². The third-order valence-corrected chi connectivity index (χ3v) is 3.38. The maximum Gasteiger partial charge on any atom is 0.226 e. The Labute approximate surface area is 136 Å². The van der Waals surface area contributed by atoms with Gasteiger partial charge in [0.15, 0.2) is 11.5 Å². The van der Waals surface area contributed by atoms with E-state index < -0.39 is 0 Å². The van der Waals surface area contributed by atoms with Gasteiger partial charge in [0.05, 0.1) is 13.7 Å². The summed E-state index contributed by atoms with van der Waals surface area (Å²) in [6.45, 7) is 2.45. The van der Waals surface area contributed by atoms with Gasteiger partial charge < -0.3 is 20.5 Å². The van der Waals surface area contributed by atoms with E-state index in [0.29, 0.717) is 23.8 Å². The number of hydrogen-bond donors (Lipinski definition) is 2. The van der Waals surface area contributed by atoms with Crippen LogP contribution in [0.25, 0.3) is 0 Å². The molecule has 0 aromatic heterocycles. The Kier molecular flexibility index (Phi) is 6.00. The molecule has 1 unspecified atom stereocenters. The minimum absolute atomic E-state index is 0.146. The number of hydrogen-bond acceptors (Lipinski definition) is 4. The smallest absolute Gasteiger partial charge is 0.226 e. The molecule has 0 aliphatic rings. The summed E-state index contributed by atoms with van der Waals surface area (Å²) in [5.74, 6) is 1.08. The van der Waals surface area contributed by atoms with E-state index in [9.17, 15) is 4.79 Å². The molecule has 5 nitrogen and oxygen atoms in total. The molecule has 0 saturated carbocycles. The lowest BCUT2D eigenvalue weighted by atomic mass is 10.0. The fraction of sp³-hybridized carbons (Fsp3) is 0.278. The molecule has 2 aromatic rings. The van der Waals surface area contributed by atoms with Crippen molar-refractivity contribution in [1.82, 2.24) is 0 Å². The molecule has 23 heavy (non-hydrogen) atoms. The average molecular weight is 314 g/mol. The van der Waals surface area contributed by atoms with Crippen LogP contribution >= 0.6 is 0 Å². The van der Waals surface area contributed by atoms with Crippen molar-refractivity contribution in [1.29, 1.82) is 0 Å². The first-order valence-electron chi connectivity index (χ1n) is 7.55. The topological polar surface area (TPSA) is 73.6 Å². The molecule has 0 aliphatic heterocycles. The number of nitrogens with one attached hydrogen (secondary N) is 1. The summed E-state index contributed by atoms with van der Waals surface area (Å²) in [5.41, 5.74) is 7.65. The molecule has 3 N–H and O–H groups in total. The van der Waals surface area contributed by atoms with Crippen LogP contribution in [0.2, 0.25) is 0 Å². The second-order valence-electron chi connectivity index (χ2n) is 5.07. The summed E-state index contributed by atoms with van der Waals surface area (Å²) < 4.78 is 10.7. The molecule has 0 radical (unpaired) electrons. The molecule has 122 valence electrons. The van der Waals surface area contributed by atoms with Gasteiger partial charge in [-0.05, 0) is 24.6 Å². The van der Waals surface area contributed by atoms with E-state index in [4.69, 9.17) is 15.2 Å². The predicted octanol–water partition coefficient (Wildman–Crippen LogP) is 3.12. The molecule has 0 heterocycles. The molecule has 0 spiro atoms. The normalized spacial score (nSPS) is 11.6. The molecular formula is C18H22N2O3. The van der Waals surface area contributed by atoms with Gasteiger partial charge in [-0.25, -0.2) is 0 Å². The molecule has 0 aliphatic carbocycles. The lowest BCUT2D eigenvalue weighted by molar-refractivity contribution is -0.116. The van der Waals surface area contributed by atoms with Crippen LogP contribution in [-0.2, 0) is 4.79 Å². The highest BCUT2D eigenvalue weighted by Crippen LogP contribution is 2.30. The third-order valence-electron chi connectivity index (χ3n) is 3.38. The Hall–Kier alpha value is -2.53. The molecule has 2 rings (SSSR count). The van der Waals surface area contributed by atoms with Crippen LogP contribution in [-0.4, -0.2) is 19.6 Å². The van der Waals surface area contributed by atoms with Crippen molar-refractivity contribution in [2.24, 2.45) is 5.73 Å². The van der Waals surface area contributed by atoms with Crippen LogP contribution in [0.4, 0.5) is 5.69 Å². The number of methoxy groups -OCH3 is 1. The van der Waals surface area contributed by atoms with Crippen molar-refractivity contribution in [2.45, 2.75) is 19.4 Å². The molecule has 0 saturated heterocycles. The Bertz CT molecular complexity index is 644. The summed E-state index contributed by atoms with van der Waals surface area (Å²) in [6.07, 6.45) is 0.208. The van der Waals surface area contributed by atoms with Crippen molar-refractivity contribution in [2.75, 3.05) is 19.0 Å². The Morgan fingerprint density at radius 2 is 1.91 bits per heavy atom. The van der Waals surface area contributed by atoms with E-state index in [1.165, 1.54) is 0 Å². The minimum atomic E-state index is -0.333. The van der Waals surface area contributed by atoms with Crippen LogP contribution in [0.1, 0.15) is 24.9 Å². The minimum Gasteiger partial charge on any atom is -0.493 e. The highest BCUT2D eigenvalue weighted by molar-refractivity contribution is 5.91. The highest BCUT2D eigenvalue weighted by atomic mass is 16.5. The number of benzene rings is 2. The first kappa shape index (κ1) is 16.8. The molecule has 1 amide bonds. The summed E-state index contributed by atoms with van der Waals surface area (Å²) >= 11 is 0. The molecule has 5 heteroatoms. The highest BCUT2D eigenvalue weighted by Gasteiger charge is 2.13. The molecular weight excluding hydrogens is 292 g/mol. The van der Waals surface area contributed by atoms with Gasteiger partial charge in [0.1, 0.15) is 0 Å². The Balaban J connectivity index is 2.00. The van der Waals surface area contributed by atoms with Gasteiger partial charge in [-0.3, -0.25) is 4.79 Å². The van der Waals surface area contributed by atoms with Gasteiger partial charge in [-0.15, -0.1) is 0 Å². The molecule has 1 atom stereocenters. The Morgan fingerprint density at radius 3 is 2.57 bits per heavy atom. The average Bonchev–Trinajstić information content (AvgIpc) is 2.57. The summed E-state index contributed by atoms with van der Waals surface area (Å²) in [5, 5.41) is 2.83. The van der Waals surface area contributed by atoms with Gasteiger partial charge in [0.25, 0.3) is 0 Å². The van der Waals surface area contributed by atoms with Crippen molar-refractivity contribution < 1.29 is 14.3 Å². The van der Waals surface area contributed by atoms with Gasteiger partial charge >= 0.3 is 0 Å². The maximum absolute atomic E-state index is 12.1. The largest absolute Gasteiger partial charge is 0.493 e. The Morgan fingerprint density at radius 1 is 1.17 bits per heavy atom. The number of amides is 1. The number of ether oxygens (including phenoxy) is 2. The van der Waals surface area contributed by atoms with Crippen molar-refractivity contribution >= 4 is 11.6 Å². The van der Waals surface area contributed by atoms with E-state index in [2.05, 4.69) is 5.32 Å². The van der Waals surface area contributed by atoms with Crippen LogP contribution in [0.15, 0.2) is 48.5 Å². The number of anilines is 1. The lowest BCUT2D eigenvalue weighted by Gasteiger charge is -2.14. The van der Waals surface area contributed by atoms with Gasteiger partial charge in [0, 0.05) is 24.2 Å². The number of carbonyl (C=O) groups excluding carboxylic acids is 1. The lowest BCUT2D eigenvalue weighted by Crippen LogP contribution is -2.20. The van der Waals surface area contributed by atoms with E-state index in [1.807, 2.05) is 37.3 Å². The van der Waals surface area contributed by atoms with Crippen LogP contribution in [0, 0.1) is 0 Å². The van der Waals surface area contributed by atoms with Crippen LogP contribution < -0.4 is 20.5 Å². The standard InChI is InChI=1S/C18H22N2O3/c1-3-23-16-10-9-14(11-17(16)22-2)20-18(21)12-15(19)13-7-5-4-6-8-13/h4-11,15H,3,12,19H2,1-2H3,(H,20,21). The number of carbonyl (C=O) groups is 1. The van der Waals surface area contributed by atoms with E-state index in [-0.39, 0.29) is 18.4 Å². The fourth-order valence-corrected chi connectivity index (χ4v) is 2.25. The first-order valence-corrected chi connectivity index (χ1v) is 7.55. The van der Waals surface area contributed by atoms with Crippen molar-refractivity contribution in [3.8, 4) is 11.5 Å².